The highest BCUT2D eigenvalue weighted by Gasteiger charge is 2.48. The minimum atomic E-state index is -0.955. The van der Waals surface area contributed by atoms with Crippen molar-refractivity contribution in [2.45, 2.75) is 168 Å². The number of amides is 2. The Morgan fingerprint density at radius 3 is 2.15 bits per heavy atom. The maximum atomic E-state index is 13.7. The third-order valence-corrected chi connectivity index (χ3v) is 9.82. The second-order valence-electron chi connectivity index (χ2n) is 14.3. The molecule has 2 amide bonds. The summed E-state index contributed by atoms with van der Waals surface area (Å²) >= 11 is 0. The van der Waals surface area contributed by atoms with E-state index in [4.69, 9.17) is 9.47 Å². The molecule has 0 radical (unpaired) electrons. The number of aliphatic carboxylic acids is 1. The third-order valence-electron chi connectivity index (χ3n) is 9.82. The molecule has 0 aromatic heterocycles. The van der Waals surface area contributed by atoms with Crippen LogP contribution in [0, 0.1) is 16.7 Å². The summed E-state index contributed by atoms with van der Waals surface area (Å²) in [4.78, 5) is 39.2. The molecule has 8 heteroatoms. The van der Waals surface area contributed by atoms with Crippen molar-refractivity contribution in [2.75, 3.05) is 6.61 Å². The molecule has 0 aromatic rings. The first-order chi connectivity index (χ1) is 19.4. The Hall–Kier alpha value is -1.67. The van der Waals surface area contributed by atoms with Gasteiger partial charge in [-0.1, -0.05) is 91.4 Å². The van der Waals surface area contributed by atoms with Crippen LogP contribution in [0.15, 0.2) is 0 Å². The number of hydrogen-bond donors (Lipinski definition) is 3. The summed E-state index contributed by atoms with van der Waals surface area (Å²) in [6.07, 6.45) is 16.5. The van der Waals surface area contributed by atoms with Gasteiger partial charge in [0.2, 0.25) is 11.8 Å². The summed E-state index contributed by atoms with van der Waals surface area (Å²) in [5, 5.41) is 16.2. The first-order valence-corrected chi connectivity index (χ1v) is 16.5. The Labute approximate surface area is 248 Å². The van der Waals surface area contributed by atoms with E-state index in [1.807, 2.05) is 13.8 Å². The molecule has 3 aliphatic rings. The quantitative estimate of drug-likeness (QED) is 0.180. The van der Waals surface area contributed by atoms with E-state index in [0.29, 0.717) is 6.61 Å². The Bertz CT molecular complexity index is 868. The maximum absolute atomic E-state index is 13.7. The van der Waals surface area contributed by atoms with E-state index in [1.165, 1.54) is 44.9 Å². The van der Waals surface area contributed by atoms with Gasteiger partial charge in [0.25, 0.3) is 0 Å². The zero-order chi connectivity index (χ0) is 30.1. The molecular weight excluding hydrogens is 520 g/mol. The van der Waals surface area contributed by atoms with Gasteiger partial charge in [-0.2, -0.15) is 0 Å². The van der Waals surface area contributed by atoms with E-state index >= 15 is 0 Å². The highest BCUT2D eigenvalue weighted by molar-refractivity contribution is 5.84. The van der Waals surface area contributed by atoms with Crippen LogP contribution in [0.4, 0.5) is 0 Å². The smallest absolute Gasteiger partial charge is 0.305 e. The first-order valence-electron chi connectivity index (χ1n) is 16.5. The molecule has 0 bridgehead atoms. The second-order valence-corrected chi connectivity index (χ2v) is 14.3. The van der Waals surface area contributed by atoms with Crippen LogP contribution in [0.2, 0.25) is 0 Å². The number of carbonyl (C=O) groups is 3. The number of nitrogens with one attached hydrogen (secondary N) is 2. The Morgan fingerprint density at radius 2 is 1.54 bits per heavy atom. The van der Waals surface area contributed by atoms with Crippen molar-refractivity contribution in [1.29, 1.82) is 0 Å². The van der Waals surface area contributed by atoms with Crippen LogP contribution in [-0.4, -0.2) is 53.5 Å². The molecule has 4 atom stereocenters. The molecule has 1 aliphatic heterocycles. The van der Waals surface area contributed by atoms with E-state index in [-0.39, 0.29) is 35.6 Å². The van der Waals surface area contributed by atoms with Gasteiger partial charge in [-0.25, -0.2) is 0 Å². The molecule has 8 nitrogen and oxygen atoms in total. The van der Waals surface area contributed by atoms with E-state index in [2.05, 4.69) is 17.6 Å². The number of ether oxygens (including phenoxy) is 2. The maximum Gasteiger partial charge on any atom is 0.305 e. The molecule has 1 saturated heterocycles. The third kappa shape index (κ3) is 9.67. The number of carboxylic acid groups (broad SMARTS) is 1. The molecule has 0 spiro atoms. The topological polar surface area (TPSA) is 114 Å². The van der Waals surface area contributed by atoms with Crippen LogP contribution in [-0.2, 0) is 23.9 Å². The lowest BCUT2D eigenvalue weighted by atomic mass is 9.64. The number of hydrogen-bond acceptors (Lipinski definition) is 5. The van der Waals surface area contributed by atoms with Crippen LogP contribution in [0.1, 0.15) is 144 Å². The molecule has 41 heavy (non-hydrogen) atoms. The lowest BCUT2D eigenvalue weighted by Gasteiger charge is -2.46. The summed E-state index contributed by atoms with van der Waals surface area (Å²) in [5.74, 6) is -2.15. The van der Waals surface area contributed by atoms with Crippen molar-refractivity contribution >= 4 is 17.8 Å². The molecule has 0 aromatic carbocycles. The fourth-order valence-electron chi connectivity index (χ4n) is 7.01. The molecule has 3 fully saturated rings. The largest absolute Gasteiger partial charge is 0.481 e. The van der Waals surface area contributed by atoms with Gasteiger partial charge in [0.05, 0.1) is 13.0 Å². The summed E-state index contributed by atoms with van der Waals surface area (Å²) in [6.45, 7) is 10.0. The van der Waals surface area contributed by atoms with Gasteiger partial charge < -0.3 is 25.2 Å². The Balaban J connectivity index is 1.62. The highest BCUT2D eigenvalue weighted by atomic mass is 16.7. The summed E-state index contributed by atoms with van der Waals surface area (Å²) in [5.41, 5.74) is -0.832. The van der Waals surface area contributed by atoms with Crippen molar-refractivity contribution < 1.29 is 29.0 Å². The summed E-state index contributed by atoms with van der Waals surface area (Å²) in [6, 6.07) is -0.724. The van der Waals surface area contributed by atoms with Gasteiger partial charge in [-0.05, 0) is 51.9 Å². The highest BCUT2D eigenvalue weighted by Crippen LogP contribution is 2.46. The van der Waals surface area contributed by atoms with E-state index in [0.717, 1.165) is 57.8 Å². The molecular formula is C33H58N2O6. The zero-order valence-electron chi connectivity index (χ0n) is 26.5. The van der Waals surface area contributed by atoms with Gasteiger partial charge in [-0.15, -0.1) is 0 Å². The van der Waals surface area contributed by atoms with Crippen LogP contribution in [0.3, 0.4) is 0 Å². The van der Waals surface area contributed by atoms with Crippen molar-refractivity contribution in [3.8, 4) is 0 Å². The Morgan fingerprint density at radius 1 is 0.902 bits per heavy atom. The van der Waals surface area contributed by atoms with Gasteiger partial charge >= 0.3 is 5.97 Å². The first kappa shape index (κ1) is 33.8. The molecule has 3 rings (SSSR count). The molecule has 2 aliphatic carbocycles. The predicted molar refractivity (Wildman–Crippen MR) is 160 cm³/mol. The number of carbonyl (C=O) groups excluding carboxylic acids is 2. The predicted octanol–water partition coefficient (Wildman–Crippen LogP) is 6.50. The minimum Gasteiger partial charge on any atom is -0.481 e. The molecule has 2 saturated carbocycles. The number of rotatable bonds is 16. The van der Waals surface area contributed by atoms with Crippen molar-refractivity contribution in [3.63, 3.8) is 0 Å². The fourth-order valence-corrected chi connectivity index (χ4v) is 7.01. The van der Waals surface area contributed by atoms with Crippen molar-refractivity contribution in [2.24, 2.45) is 16.7 Å². The van der Waals surface area contributed by atoms with Crippen LogP contribution >= 0.6 is 0 Å². The second kappa shape index (κ2) is 15.2. The van der Waals surface area contributed by atoms with Gasteiger partial charge in [0.15, 0.2) is 5.79 Å². The normalized spacial score (nSPS) is 27.3. The molecule has 4 unspecified atom stereocenters. The summed E-state index contributed by atoms with van der Waals surface area (Å²) in [7, 11) is 0. The lowest BCUT2D eigenvalue weighted by Crippen LogP contribution is -2.60. The monoisotopic (exact) mass is 578 g/mol. The van der Waals surface area contributed by atoms with Gasteiger partial charge in [0, 0.05) is 22.9 Å². The van der Waals surface area contributed by atoms with E-state index < -0.39 is 29.3 Å². The number of carboxylic acids is 1. The number of unbranched alkanes of at least 4 members (excludes halogenated alkanes) is 7. The van der Waals surface area contributed by atoms with E-state index in [1.54, 1.807) is 13.8 Å². The Kier molecular flexibility index (Phi) is 12.5. The average molecular weight is 579 g/mol. The van der Waals surface area contributed by atoms with Crippen molar-refractivity contribution in [3.05, 3.63) is 0 Å². The standard InChI is InChI=1S/C33H58N2O6/c1-6-7-8-9-10-11-12-15-19-33(20-16-21-33)30(39)35-25-18-14-13-17-24(25)26(22-27(36)37)34-29(38)28-31(2,3)23-40-32(4,5)41-28/h24-26,28H,6-23H2,1-5H3,(H,34,38)(H,35,39)(H,36,37). The fraction of sp³-hybridized carbons (Fsp3) is 0.909. The zero-order valence-corrected chi connectivity index (χ0v) is 26.5. The molecule has 1 heterocycles. The van der Waals surface area contributed by atoms with Crippen LogP contribution in [0.25, 0.3) is 0 Å². The minimum absolute atomic E-state index is 0.135. The van der Waals surface area contributed by atoms with Crippen LogP contribution in [0.5, 0.6) is 0 Å². The molecule has 236 valence electrons. The van der Waals surface area contributed by atoms with Crippen LogP contribution < -0.4 is 10.6 Å². The van der Waals surface area contributed by atoms with E-state index in [9.17, 15) is 19.5 Å². The lowest BCUT2D eigenvalue weighted by molar-refractivity contribution is -0.304. The average Bonchev–Trinajstić information content (AvgIpc) is 2.88. The SMILES string of the molecule is CCCCCCCCCCC1(C(=O)NC2CCCCC2C(CC(=O)O)NC(=O)C2OC(C)(C)OCC2(C)C)CCC1. The van der Waals surface area contributed by atoms with Gasteiger partial charge in [0.1, 0.15) is 6.10 Å². The molecule has 3 N–H and O–H groups in total. The van der Waals surface area contributed by atoms with Crippen molar-refractivity contribution in [1.82, 2.24) is 10.6 Å². The van der Waals surface area contributed by atoms with Gasteiger partial charge in [-0.3, -0.25) is 14.4 Å². The summed E-state index contributed by atoms with van der Waals surface area (Å²) < 4.78 is 11.8.